The largest absolute Gasteiger partial charge is 0.254 e. The highest BCUT2D eigenvalue weighted by molar-refractivity contribution is 7.86. The lowest BCUT2D eigenvalue weighted by Crippen LogP contribution is -2.07. The molecule has 0 unspecified atom stereocenters. The van der Waals surface area contributed by atoms with Crippen molar-refractivity contribution in [1.82, 2.24) is 0 Å². The number of benzene rings is 2. The molecule has 1 aromatic heterocycles. The Morgan fingerprint density at radius 3 is 1.48 bits per heavy atom. The van der Waals surface area contributed by atoms with Crippen molar-refractivity contribution in [3.05, 3.63) is 36.4 Å². The lowest BCUT2D eigenvalue weighted by Gasteiger charge is -2.10. The van der Waals surface area contributed by atoms with Crippen molar-refractivity contribution in [1.29, 1.82) is 0 Å². The molecule has 2 atom stereocenters. The SMILES string of the molecule is CC(C)[S@](=O)c1cccc2sc3cccc([S@@](=O)C(C)C)c3c12. The maximum atomic E-state index is 12.8. The van der Waals surface area contributed by atoms with Gasteiger partial charge in [0.25, 0.3) is 0 Å². The summed E-state index contributed by atoms with van der Waals surface area (Å²) in [6.45, 7) is 7.88. The lowest BCUT2D eigenvalue weighted by atomic mass is 10.1. The Kier molecular flexibility index (Phi) is 4.72. The summed E-state index contributed by atoms with van der Waals surface area (Å²) < 4.78 is 27.7. The van der Waals surface area contributed by atoms with Crippen molar-refractivity contribution < 1.29 is 8.42 Å². The van der Waals surface area contributed by atoms with Gasteiger partial charge in [0.15, 0.2) is 0 Å². The monoisotopic (exact) mass is 364 g/mol. The molecule has 0 saturated carbocycles. The number of rotatable bonds is 4. The molecule has 2 nitrogen and oxygen atoms in total. The summed E-state index contributed by atoms with van der Waals surface area (Å²) in [6, 6.07) is 11.9. The van der Waals surface area contributed by atoms with Gasteiger partial charge in [-0.1, -0.05) is 39.8 Å². The number of hydrogen-bond donors (Lipinski definition) is 0. The highest BCUT2D eigenvalue weighted by Gasteiger charge is 2.20. The van der Waals surface area contributed by atoms with Crippen molar-refractivity contribution >= 4 is 53.1 Å². The predicted octanol–water partition coefficient (Wildman–Crippen LogP) is 5.09. The van der Waals surface area contributed by atoms with Crippen LogP contribution in [0.15, 0.2) is 46.2 Å². The molecule has 0 N–H and O–H groups in total. The fourth-order valence-corrected chi connectivity index (χ4v) is 6.20. The normalized spacial score (nSPS) is 14.9. The van der Waals surface area contributed by atoms with Crippen LogP contribution >= 0.6 is 11.3 Å². The molecule has 0 amide bonds. The van der Waals surface area contributed by atoms with Crippen LogP contribution in [0.25, 0.3) is 20.2 Å². The molecule has 0 radical (unpaired) electrons. The molecule has 0 spiro atoms. The van der Waals surface area contributed by atoms with Crippen LogP contribution in [0.4, 0.5) is 0 Å². The van der Waals surface area contributed by atoms with Gasteiger partial charge in [-0.15, -0.1) is 11.3 Å². The van der Waals surface area contributed by atoms with Crippen molar-refractivity contribution in [2.75, 3.05) is 0 Å². The summed E-state index contributed by atoms with van der Waals surface area (Å²) in [6.07, 6.45) is 0. The van der Waals surface area contributed by atoms with Crippen LogP contribution in [0.1, 0.15) is 27.7 Å². The molecule has 3 rings (SSSR count). The molecule has 5 heteroatoms. The first-order valence-corrected chi connectivity index (χ1v) is 10.9. The average molecular weight is 365 g/mol. The second-order valence-electron chi connectivity index (χ2n) is 6.05. The van der Waals surface area contributed by atoms with Crippen LogP contribution in [-0.2, 0) is 21.6 Å². The van der Waals surface area contributed by atoms with Gasteiger partial charge in [-0.3, -0.25) is 8.42 Å². The third-order valence-corrected chi connectivity index (χ3v) is 8.12. The van der Waals surface area contributed by atoms with Crippen molar-refractivity contribution in [3.63, 3.8) is 0 Å². The molecule has 3 aromatic rings. The van der Waals surface area contributed by atoms with E-state index in [1.165, 1.54) is 0 Å². The van der Waals surface area contributed by atoms with E-state index in [1.807, 2.05) is 52.0 Å². The quantitative estimate of drug-likeness (QED) is 0.646. The number of thiophene rings is 1. The number of fused-ring (bicyclic) bond motifs is 3. The highest BCUT2D eigenvalue weighted by Crippen LogP contribution is 2.40. The minimum Gasteiger partial charge on any atom is -0.254 e. The molecule has 0 aliphatic rings. The molecule has 0 fully saturated rings. The molecular formula is C18H20O2S3. The Balaban J connectivity index is 2.43. The zero-order valence-electron chi connectivity index (χ0n) is 13.7. The fourth-order valence-electron chi connectivity index (χ4n) is 2.65. The van der Waals surface area contributed by atoms with Crippen LogP contribution in [0.2, 0.25) is 0 Å². The molecule has 23 heavy (non-hydrogen) atoms. The van der Waals surface area contributed by atoms with Gasteiger partial charge in [0.2, 0.25) is 0 Å². The first kappa shape index (κ1) is 16.8. The minimum atomic E-state index is -1.07. The van der Waals surface area contributed by atoms with Crippen molar-refractivity contribution in [2.45, 2.75) is 48.0 Å². The van der Waals surface area contributed by atoms with Crippen LogP contribution in [0.5, 0.6) is 0 Å². The highest BCUT2D eigenvalue weighted by atomic mass is 32.2. The second-order valence-corrected chi connectivity index (χ2v) is 11.1. The van der Waals surface area contributed by atoms with Crippen molar-refractivity contribution in [3.8, 4) is 0 Å². The van der Waals surface area contributed by atoms with E-state index in [9.17, 15) is 8.42 Å². The van der Waals surface area contributed by atoms with Gasteiger partial charge in [0.1, 0.15) is 0 Å². The van der Waals surface area contributed by atoms with Gasteiger partial charge >= 0.3 is 0 Å². The fraction of sp³-hybridized carbons (Fsp3) is 0.333. The van der Waals surface area contributed by atoms with Crippen molar-refractivity contribution in [2.24, 2.45) is 0 Å². The summed E-state index contributed by atoms with van der Waals surface area (Å²) >= 11 is 1.68. The van der Waals surface area contributed by atoms with Gasteiger partial charge in [-0.25, -0.2) is 0 Å². The van der Waals surface area contributed by atoms with E-state index in [0.29, 0.717) is 0 Å². The zero-order valence-corrected chi connectivity index (χ0v) is 16.1. The first-order valence-electron chi connectivity index (χ1n) is 7.67. The molecule has 2 aromatic carbocycles. The van der Waals surface area contributed by atoms with Gasteiger partial charge < -0.3 is 0 Å². The van der Waals surface area contributed by atoms with Gasteiger partial charge in [-0.2, -0.15) is 0 Å². The molecule has 0 aliphatic heterocycles. The maximum Gasteiger partial charge on any atom is 0.0562 e. The van der Waals surface area contributed by atoms with E-state index in [0.717, 1.165) is 30.0 Å². The van der Waals surface area contributed by atoms with Crippen LogP contribution in [-0.4, -0.2) is 18.9 Å². The Hall–Kier alpha value is -1.04. The zero-order chi connectivity index (χ0) is 16.7. The average Bonchev–Trinajstić information content (AvgIpc) is 2.91. The van der Waals surface area contributed by atoms with E-state index in [1.54, 1.807) is 11.3 Å². The number of hydrogen-bond acceptors (Lipinski definition) is 3. The predicted molar refractivity (Wildman–Crippen MR) is 102 cm³/mol. The first-order chi connectivity index (χ1) is 10.9. The standard InChI is InChI=1S/C18H20O2S3/c1-11(2)22(19)15-9-5-7-13-17(15)18-14(21-13)8-6-10-16(18)23(20)12(3)4/h5-12H,1-4H3/t22-,23-/m0/s1. The van der Waals surface area contributed by atoms with E-state index in [4.69, 9.17) is 0 Å². The Morgan fingerprint density at radius 2 is 1.13 bits per heavy atom. The molecular weight excluding hydrogens is 344 g/mol. The summed E-state index contributed by atoms with van der Waals surface area (Å²) in [7, 11) is -2.14. The molecule has 0 aliphatic carbocycles. The summed E-state index contributed by atoms with van der Waals surface area (Å²) in [4.78, 5) is 1.72. The third kappa shape index (κ3) is 2.90. The summed E-state index contributed by atoms with van der Waals surface area (Å²) in [5.41, 5.74) is 0. The Bertz CT molecular complexity index is 848. The second kappa shape index (κ2) is 6.46. The smallest absolute Gasteiger partial charge is 0.0562 e. The summed E-state index contributed by atoms with van der Waals surface area (Å²) in [5.74, 6) is 0. The van der Waals surface area contributed by atoms with Crippen LogP contribution in [0, 0.1) is 0 Å². The van der Waals surface area contributed by atoms with Crippen LogP contribution in [0.3, 0.4) is 0 Å². The van der Waals surface area contributed by atoms with E-state index in [-0.39, 0.29) is 10.5 Å². The lowest BCUT2D eigenvalue weighted by molar-refractivity contribution is 0.676. The van der Waals surface area contributed by atoms with Gasteiger partial charge in [0.05, 0.1) is 21.6 Å². The van der Waals surface area contributed by atoms with Gasteiger partial charge in [0, 0.05) is 40.5 Å². The maximum absolute atomic E-state index is 12.8. The van der Waals surface area contributed by atoms with E-state index in [2.05, 4.69) is 12.1 Å². The molecule has 0 saturated heterocycles. The summed E-state index contributed by atoms with van der Waals surface area (Å²) in [5, 5.41) is 2.14. The molecule has 122 valence electrons. The topological polar surface area (TPSA) is 34.1 Å². The van der Waals surface area contributed by atoms with E-state index >= 15 is 0 Å². The third-order valence-electron chi connectivity index (χ3n) is 3.74. The molecule has 0 bridgehead atoms. The Morgan fingerprint density at radius 1 is 0.739 bits per heavy atom. The van der Waals surface area contributed by atoms with E-state index < -0.39 is 21.6 Å². The van der Waals surface area contributed by atoms with Crippen LogP contribution < -0.4 is 0 Å². The van der Waals surface area contributed by atoms with Gasteiger partial charge in [-0.05, 0) is 24.3 Å². The Labute approximate surface area is 145 Å². The minimum absolute atomic E-state index is 0.0540. The molecule has 1 heterocycles.